The Hall–Kier alpha value is -3.24. The summed E-state index contributed by atoms with van der Waals surface area (Å²) in [6, 6.07) is 13.6. The third-order valence-corrected chi connectivity index (χ3v) is 6.25. The highest BCUT2D eigenvalue weighted by Crippen LogP contribution is 2.29. The fourth-order valence-electron chi connectivity index (χ4n) is 2.77. The zero-order valence-corrected chi connectivity index (χ0v) is 19.2. The fraction of sp³-hybridized carbons (Fsp3) is 0.227. The molecule has 0 fully saturated rings. The summed E-state index contributed by atoms with van der Waals surface area (Å²) in [7, 11) is 0. The number of nitrogens with zero attached hydrogens (tertiary/aromatic N) is 2. The molecule has 1 unspecified atom stereocenters. The Bertz CT molecular complexity index is 1120. The predicted molar refractivity (Wildman–Crippen MR) is 128 cm³/mol. The highest BCUT2D eigenvalue weighted by molar-refractivity contribution is 8.00. The van der Waals surface area contributed by atoms with E-state index in [-0.39, 0.29) is 22.8 Å². The van der Waals surface area contributed by atoms with Crippen LogP contribution in [0, 0.1) is 10.1 Å². The van der Waals surface area contributed by atoms with E-state index in [2.05, 4.69) is 15.6 Å². The molecule has 2 N–H and O–H groups in total. The summed E-state index contributed by atoms with van der Waals surface area (Å²) in [6.45, 7) is 3.75. The molecule has 0 aliphatic heterocycles. The topological polar surface area (TPSA) is 114 Å². The van der Waals surface area contributed by atoms with E-state index in [1.165, 1.54) is 35.2 Å². The monoisotopic (exact) mass is 470 g/mol. The van der Waals surface area contributed by atoms with Crippen LogP contribution in [0.4, 0.5) is 16.5 Å². The van der Waals surface area contributed by atoms with E-state index in [1.54, 1.807) is 24.4 Å². The Morgan fingerprint density at radius 2 is 1.94 bits per heavy atom. The van der Waals surface area contributed by atoms with Crippen LogP contribution in [-0.4, -0.2) is 27.0 Å². The maximum absolute atomic E-state index is 12.6. The van der Waals surface area contributed by atoms with Gasteiger partial charge in [-0.05, 0) is 37.6 Å². The van der Waals surface area contributed by atoms with Gasteiger partial charge in [-0.25, -0.2) is 4.98 Å². The van der Waals surface area contributed by atoms with E-state index in [4.69, 9.17) is 0 Å². The summed E-state index contributed by atoms with van der Waals surface area (Å²) in [5.41, 5.74) is 1.89. The molecule has 10 heteroatoms. The number of aromatic nitrogens is 1. The molecular weight excluding hydrogens is 448 g/mol. The lowest BCUT2D eigenvalue weighted by Gasteiger charge is -2.11. The minimum absolute atomic E-state index is 0.0120. The summed E-state index contributed by atoms with van der Waals surface area (Å²) in [5, 5.41) is 18.4. The van der Waals surface area contributed by atoms with Crippen molar-refractivity contribution in [3.8, 4) is 11.3 Å². The first-order chi connectivity index (χ1) is 15.4. The number of nitro benzene ring substituents is 1. The number of amides is 2. The van der Waals surface area contributed by atoms with Gasteiger partial charge in [0.1, 0.15) is 0 Å². The molecule has 3 aromatic rings. The molecule has 166 valence electrons. The number of carbonyl (C=O) groups excluding carboxylic acids is 2. The smallest absolute Gasteiger partial charge is 0.270 e. The van der Waals surface area contributed by atoms with E-state index >= 15 is 0 Å². The Balaban J connectivity index is 1.57. The van der Waals surface area contributed by atoms with Gasteiger partial charge in [0.25, 0.3) is 5.69 Å². The Morgan fingerprint density at radius 1 is 1.19 bits per heavy atom. The molecular formula is C22H22N4O4S2. The first-order valence-corrected chi connectivity index (χ1v) is 11.7. The van der Waals surface area contributed by atoms with Crippen LogP contribution < -0.4 is 10.6 Å². The van der Waals surface area contributed by atoms with Crippen LogP contribution in [0.1, 0.15) is 26.7 Å². The van der Waals surface area contributed by atoms with E-state index in [0.717, 1.165) is 17.0 Å². The summed E-state index contributed by atoms with van der Waals surface area (Å²) >= 11 is 2.65. The largest absolute Gasteiger partial charge is 0.326 e. The zero-order valence-electron chi connectivity index (χ0n) is 17.5. The van der Waals surface area contributed by atoms with Gasteiger partial charge in [0.15, 0.2) is 5.13 Å². The first-order valence-electron chi connectivity index (χ1n) is 9.93. The van der Waals surface area contributed by atoms with Gasteiger partial charge in [-0.2, -0.15) is 0 Å². The van der Waals surface area contributed by atoms with Crippen molar-refractivity contribution in [2.45, 2.75) is 36.8 Å². The number of hydrogen-bond donors (Lipinski definition) is 2. The van der Waals surface area contributed by atoms with Crippen LogP contribution in [0.5, 0.6) is 0 Å². The van der Waals surface area contributed by atoms with Crippen LogP contribution in [0.2, 0.25) is 0 Å². The van der Waals surface area contributed by atoms with Crippen molar-refractivity contribution in [1.29, 1.82) is 0 Å². The van der Waals surface area contributed by atoms with Crippen molar-refractivity contribution >= 4 is 51.4 Å². The first kappa shape index (κ1) is 23.4. The normalized spacial score (nSPS) is 11.6. The maximum atomic E-state index is 12.6. The number of anilines is 2. The van der Waals surface area contributed by atoms with Crippen LogP contribution in [0.3, 0.4) is 0 Å². The van der Waals surface area contributed by atoms with Crippen molar-refractivity contribution in [3.05, 3.63) is 64.0 Å². The quantitative estimate of drug-likeness (QED) is 0.240. The lowest BCUT2D eigenvalue weighted by atomic mass is 10.1. The number of nitrogens with one attached hydrogen (secondary N) is 2. The number of nitro groups is 1. The lowest BCUT2D eigenvalue weighted by Crippen LogP contribution is -2.22. The third kappa shape index (κ3) is 6.38. The van der Waals surface area contributed by atoms with Gasteiger partial charge in [-0.15, -0.1) is 23.1 Å². The van der Waals surface area contributed by atoms with Gasteiger partial charge < -0.3 is 10.6 Å². The SMILES string of the molecule is CCCC(=O)Nc1ccc(SC(C)C(=O)Nc2nc(-c3cccc([N+](=O)[O-])c3)cs2)cc1. The highest BCUT2D eigenvalue weighted by Gasteiger charge is 2.17. The second kappa shape index (κ2) is 10.9. The summed E-state index contributed by atoms with van der Waals surface area (Å²) in [4.78, 5) is 40.0. The number of hydrogen-bond acceptors (Lipinski definition) is 7. The Kier molecular flexibility index (Phi) is 7.96. The number of non-ortho nitro benzene ring substituents is 1. The average Bonchev–Trinajstić information content (AvgIpc) is 3.24. The number of carbonyl (C=O) groups is 2. The van der Waals surface area contributed by atoms with E-state index < -0.39 is 4.92 Å². The minimum Gasteiger partial charge on any atom is -0.326 e. The number of benzene rings is 2. The molecule has 0 spiro atoms. The average molecular weight is 471 g/mol. The molecule has 2 amide bonds. The van der Waals surface area contributed by atoms with Gasteiger partial charge in [-0.1, -0.05) is 19.1 Å². The predicted octanol–water partition coefficient (Wildman–Crippen LogP) is 5.58. The molecule has 8 nitrogen and oxygen atoms in total. The van der Waals surface area contributed by atoms with Gasteiger partial charge in [0, 0.05) is 40.1 Å². The van der Waals surface area contributed by atoms with Gasteiger partial charge in [-0.3, -0.25) is 19.7 Å². The number of thiazole rings is 1. The minimum atomic E-state index is -0.455. The van der Waals surface area contributed by atoms with Crippen molar-refractivity contribution < 1.29 is 14.5 Å². The Labute approximate surface area is 193 Å². The lowest BCUT2D eigenvalue weighted by molar-refractivity contribution is -0.384. The summed E-state index contributed by atoms with van der Waals surface area (Å²) < 4.78 is 0. The van der Waals surface area contributed by atoms with E-state index in [1.807, 2.05) is 31.2 Å². The second-order valence-corrected chi connectivity index (χ2v) is 9.19. The van der Waals surface area contributed by atoms with Crippen molar-refractivity contribution in [2.24, 2.45) is 0 Å². The number of rotatable bonds is 9. The van der Waals surface area contributed by atoms with Crippen LogP contribution >= 0.6 is 23.1 Å². The molecule has 0 aliphatic rings. The zero-order chi connectivity index (χ0) is 23.1. The van der Waals surface area contributed by atoms with E-state index in [0.29, 0.717) is 22.8 Å². The Morgan fingerprint density at radius 3 is 2.62 bits per heavy atom. The van der Waals surface area contributed by atoms with E-state index in [9.17, 15) is 19.7 Å². The molecule has 1 aromatic heterocycles. The van der Waals surface area contributed by atoms with Gasteiger partial charge in [0.05, 0.1) is 15.9 Å². The molecule has 0 radical (unpaired) electrons. The molecule has 0 saturated carbocycles. The van der Waals surface area contributed by atoms with Crippen LogP contribution in [0.25, 0.3) is 11.3 Å². The molecule has 2 aromatic carbocycles. The number of thioether (sulfide) groups is 1. The molecule has 0 aliphatic carbocycles. The van der Waals surface area contributed by atoms with Crippen molar-refractivity contribution in [1.82, 2.24) is 4.98 Å². The van der Waals surface area contributed by atoms with Gasteiger partial charge in [0.2, 0.25) is 11.8 Å². The highest BCUT2D eigenvalue weighted by atomic mass is 32.2. The standard InChI is InChI=1S/C22H22N4O4S2/c1-3-5-20(27)23-16-8-10-18(11-9-16)32-14(2)21(28)25-22-24-19(13-31-22)15-6-4-7-17(12-15)26(29)30/h4,6-14H,3,5H2,1-2H3,(H,23,27)(H,24,25,28). The molecule has 1 heterocycles. The maximum Gasteiger partial charge on any atom is 0.270 e. The second-order valence-electron chi connectivity index (χ2n) is 6.92. The van der Waals surface area contributed by atoms with Gasteiger partial charge >= 0.3 is 0 Å². The molecule has 32 heavy (non-hydrogen) atoms. The molecule has 1 atom stereocenters. The third-order valence-electron chi connectivity index (χ3n) is 4.38. The molecule has 0 saturated heterocycles. The fourth-order valence-corrected chi connectivity index (χ4v) is 4.36. The summed E-state index contributed by atoms with van der Waals surface area (Å²) in [6.07, 6.45) is 1.27. The van der Waals surface area contributed by atoms with Crippen molar-refractivity contribution in [2.75, 3.05) is 10.6 Å². The van der Waals surface area contributed by atoms with Crippen LogP contribution in [0.15, 0.2) is 58.8 Å². The van der Waals surface area contributed by atoms with Crippen LogP contribution in [-0.2, 0) is 9.59 Å². The molecule has 0 bridgehead atoms. The van der Waals surface area contributed by atoms with Crippen molar-refractivity contribution in [3.63, 3.8) is 0 Å². The molecule has 3 rings (SSSR count). The summed E-state index contributed by atoms with van der Waals surface area (Å²) in [5.74, 6) is -0.219.